The Morgan fingerprint density at radius 3 is 2.28 bits per heavy atom. The number of amides is 2. The summed E-state index contributed by atoms with van der Waals surface area (Å²) in [5, 5.41) is 8.50. The molecule has 3 N–H and O–H groups in total. The van der Waals surface area contributed by atoms with Crippen molar-refractivity contribution in [3.8, 4) is 5.75 Å². The molecule has 162 valence electrons. The second kappa shape index (κ2) is 10.9. The SMILES string of the molecule is COc1ccc(/C=C/C(=O)NC(=S)Nc2cccc(C(=O)Nc3cccc(C)c3)c2)cc1. The maximum atomic E-state index is 12.5. The monoisotopic (exact) mass is 445 g/mol. The van der Waals surface area contributed by atoms with Crippen molar-refractivity contribution in [2.45, 2.75) is 6.92 Å². The topological polar surface area (TPSA) is 79.5 Å². The number of hydrogen-bond donors (Lipinski definition) is 3. The molecule has 0 atom stereocenters. The van der Waals surface area contributed by atoms with Gasteiger partial charge in [0.2, 0.25) is 5.91 Å². The number of carbonyl (C=O) groups excluding carboxylic acids is 2. The van der Waals surface area contributed by atoms with E-state index in [0.717, 1.165) is 22.6 Å². The van der Waals surface area contributed by atoms with Gasteiger partial charge in [0.05, 0.1) is 7.11 Å². The maximum absolute atomic E-state index is 12.5. The van der Waals surface area contributed by atoms with Crippen LogP contribution in [0.25, 0.3) is 6.08 Å². The number of aryl methyl sites for hydroxylation is 1. The van der Waals surface area contributed by atoms with Gasteiger partial charge in [-0.1, -0.05) is 30.3 Å². The Bertz CT molecular complexity index is 1160. The predicted molar refractivity (Wildman–Crippen MR) is 132 cm³/mol. The molecular weight excluding hydrogens is 422 g/mol. The molecular formula is C25H23N3O3S. The summed E-state index contributed by atoms with van der Waals surface area (Å²) in [6.45, 7) is 1.96. The Morgan fingerprint density at radius 2 is 1.59 bits per heavy atom. The van der Waals surface area contributed by atoms with E-state index in [0.29, 0.717) is 11.3 Å². The molecule has 0 unspecified atom stereocenters. The summed E-state index contributed by atoms with van der Waals surface area (Å²) >= 11 is 5.21. The first-order valence-electron chi connectivity index (χ1n) is 9.85. The first-order valence-corrected chi connectivity index (χ1v) is 10.3. The first kappa shape index (κ1) is 22.7. The van der Waals surface area contributed by atoms with Gasteiger partial charge >= 0.3 is 0 Å². The van der Waals surface area contributed by atoms with E-state index in [1.165, 1.54) is 6.08 Å². The van der Waals surface area contributed by atoms with E-state index in [2.05, 4.69) is 16.0 Å². The van der Waals surface area contributed by atoms with Crippen LogP contribution >= 0.6 is 12.2 Å². The van der Waals surface area contributed by atoms with Gasteiger partial charge in [-0.15, -0.1) is 0 Å². The molecule has 2 amide bonds. The molecule has 6 nitrogen and oxygen atoms in total. The van der Waals surface area contributed by atoms with Gasteiger partial charge in [0, 0.05) is 23.0 Å². The van der Waals surface area contributed by atoms with Gasteiger partial charge in [-0.3, -0.25) is 14.9 Å². The summed E-state index contributed by atoms with van der Waals surface area (Å²) < 4.78 is 5.11. The summed E-state index contributed by atoms with van der Waals surface area (Å²) in [4.78, 5) is 24.7. The molecule has 0 heterocycles. The van der Waals surface area contributed by atoms with Crippen LogP contribution in [0, 0.1) is 6.92 Å². The predicted octanol–water partition coefficient (Wildman–Crippen LogP) is 4.78. The van der Waals surface area contributed by atoms with E-state index in [1.807, 2.05) is 55.5 Å². The quantitative estimate of drug-likeness (QED) is 0.376. The van der Waals surface area contributed by atoms with Gasteiger partial charge in [-0.25, -0.2) is 0 Å². The minimum Gasteiger partial charge on any atom is -0.497 e. The van der Waals surface area contributed by atoms with Crippen molar-refractivity contribution >= 4 is 46.6 Å². The number of thiocarbonyl (C=S) groups is 1. The van der Waals surface area contributed by atoms with Crippen LogP contribution in [0.4, 0.5) is 11.4 Å². The Hall–Kier alpha value is -3.97. The smallest absolute Gasteiger partial charge is 0.255 e. The van der Waals surface area contributed by atoms with Crippen molar-refractivity contribution in [1.82, 2.24) is 5.32 Å². The lowest BCUT2D eigenvalue weighted by Gasteiger charge is -2.10. The normalized spacial score (nSPS) is 10.4. The second-order valence-electron chi connectivity index (χ2n) is 6.95. The zero-order valence-corrected chi connectivity index (χ0v) is 18.5. The Morgan fingerprint density at radius 1 is 0.906 bits per heavy atom. The van der Waals surface area contributed by atoms with E-state index in [1.54, 1.807) is 37.5 Å². The molecule has 3 aromatic carbocycles. The molecule has 0 spiro atoms. The Labute approximate surface area is 192 Å². The lowest BCUT2D eigenvalue weighted by atomic mass is 10.1. The first-order chi connectivity index (χ1) is 15.4. The van der Waals surface area contributed by atoms with Crippen molar-refractivity contribution in [3.63, 3.8) is 0 Å². The Balaban J connectivity index is 1.56. The maximum Gasteiger partial charge on any atom is 0.255 e. The molecule has 0 saturated heterocycles. The molecule has 0 aliphatic carbocycles. The molecule has 0 bridgehead atoms. The zero-order chi connectivity index (χ0) is 22.9. The van der Waals surface area contributed by atoms with Crippen LogP contribution in [0.15, 0.2) is 78.9 Å². The van der Waals surface area contributed by atoms with Gasteiger partial charge in [-0.05, 0) is 78.8 Å². The number of carbonyl (C=O) groups is 2. The largest absolute Gasteiger partial charge is 0.497 e. The third kappa shape index (κ3) is 6.78. The van der Waals surface area contributed by atoms with E-state index >= 15 is 0 Å². The number of anilines is 2. The van der Waals surface area contributed by atoms with Crippen molar-refractivity contribution in [2.75, 3.05) is 17.7 Å². The number of nitrogens with one attached hydrogen (secondary N) is 3. The third-order valence-corrected chi connectivity index (χ3v) is 4.64. The minimum absolute atomic E-state index is 0.130. The average molecular weight is 446 g/mol. The highest BCUT2D eigenvalue weighted by atomic mass is 32.1. The fraction of sp³-hybridized carbons (Fsp3) is 0.0800. The fourth-order valence-corrected chi connectivity index (χ4v) is 3.09. The van der Waals surface area contributed by atoms with Crippen molar-refractivity contribution in [3.05, 3.63) is 95.6 Å². The molecule has 0 saturated carbocycles. The van der Waals surface area contributed by atoms with E-state index in [9.17, 15) is 9.59 Å². The van der Waals surface area contributed by atoms with Crippen LogP contribution in [0.5, 0.6) is 5.75 Å². The van der Waals surface area contributed by atoms with Crippen LogP contribution in [0.2, 0.25) is 0 Å². The van der Waals surface area contributed by atoms with Gasteiger partial charge in [0.25, 0.3) is 5.91 Å². The Kier molecular flexibility index (Phi) is 7.72. The number of benzene rings is 3. The van der Waals surface area contributed by atoms with Crippen molar-refractivity contribution in [1.29, 1.82) is 0 Å². The summed E-state index contributed by atoms with van der Waals surface area (Å²) in [5.74, 6) is 0.134. The highest BCUT2D eigenvalue weighted by Gasteiger charge is 2.08. The minimum atomic E-state index is -0.369. The molecule has 32 heavy (non-hydrogen) atoms. The van der Waals surface area contributed by atoms with Crippen LogP contribution in [-0.4, -0.2) is 24.0 Å². The van der Waals surface area contributed by atoms with Crippen LogP contribution in [0.3, 0.4) is 0 Å². The zero-order valence-electron chi connectivity index (χ0n) is 17.7. The lowest BCUT2D eigenvalue weighted by Crippen LogP contribution is -2.32. The highest BCUT2D eigenvalue weighted by Crippen LogP contribution is 2.15. The van der Waals surface area contributed by atoms with Crippen LogP contribution in [-0.2, 0) is 4.79 Å². The van der Waals surface area contributed by atoms with Gasteiger partial charge < -0.3 is 15.4 Å². The molecule has 7 heteroatoms. The number of rotatable bonds is 6. The molecule has 3 aromatic rings. The molecule has 0 fully saturated rings. The highest BCUT2D eigenvalue weighted by molar-refractivity contribution is 7.80. The van der Waals surface area contributed by atoms with Gasteiger partial charge in [0.15, 0.2) is 5.11 Å². The van der Waals surface area contributed by atoms with Crippen LogP contribution < -0.4 is 20.7 Å². The van der Waals surface area contributed by atoms with Gasteiger partial charge in [0.1, 0.15) is 5.75 Å². The van der Waals surface area contributed by atoms with Crippen molar-refractivity contribution < 1.29 is 14.3 Å². The van der Waals surface area contributed by atoms with Crippen LogP contribution in [0.1, 0.15) is 21.5 Å². The average Bonchev–Trinajstić information content (AvgIpc) is 2.78. The van der Waals surface area contributed by atoms with Gasteiger partial charge in [-0.2, -0.15) is 0 Å². The molecule has 0 aliphatic rings. The number of hydrogen-bond acceptors (Lipinski definition) is 4. The molecule has 0 radical (unpaired) electrons. The lowest BCUT2D eigenvalue weighted by molar-refractivity contribution is -0.115. The van der Waals surface area contributed by atoms with E-state index in [4.69, 9.17) is 17.0 Å². The summed E-state index contributed by atoms with van der Waals surface area (Å²) in [6, 6.07) is 21.7. The molecule has 0 aromatic heterocycles. The summed E-state index contributed by atoms with van der Waals surface area (Å²) in [6.07, 6.45) is 3.06. The van der Waals surface area contributed by atoms with E-state index < -0.39 is 0 Å². The summed E-state index contributed by atoms with van der Waals surface area (Å²) in [5.41, 5.74) is 3.68. The fourth-order valence-electron chi connectivity index (χ4n) is 2.87. The number of methoxy groups -OCH3 is 1. The molecule has 3 rings (SSSR count). The van der Waals surface area contributed by atoms with Crippen molar-refractivity contribution in [2.24, 2.45) is 0 Å². The summed E-state index contributed by atoms with van der Waals surface area (Å²) in [7, 11) is 1.60. The standard InChI is InChI=1S/C25H23N3O3S/c1-17-5-3-7-20(15-17)26-24(30)19-6-4-8-21(16-19)27-25(32)28-23(29)14-11-18-9-12-22(31-2)13-10-18/h3-16H,1-2H3,(H,26,30)(H2,27,28,29,32)/b14-11+. The second-order valence-corrected chi connectivity index (χ2v) is 7.36. The molecule has 0 aliphatic heterocycles. The van der Waals surface area contributed by atoms with E-state index in [-0.39, 0.29) is 16.9 Å². The third-order valence-electron chi connectivity index (χ3n) is 4.44. The number of ether oxygens (including phenoxy) is 1.